The average molecular weight is 367 g/mol. The van der Waals surface area contributed by atoms with Crippen molar-refractivity contribution in [2.45, 2.75) is 20.4 Å². The van der Waals surface area contributed by atoms with Crippen LogP contribution in [0.2, 0.25) is 0 Å². The zero-order valence-electron chi connectivity index (χ0n) is 16.3. The first-order chi connectivity index (χ1) is 13.1. The third-order valence-electron chi connectivity index (χ3n) is 4.78. The second kappa shape index (κ2) is 9.53. The van der Waals surface area contributed by atoms with Crippen LogP contribution in [0, 0.1) is 6.92 Å². The predicted molar refractivity (Wildman–Crippen MR) is 109 cm³/mol. The van der Waals surface area contributed by atoms with Crippen molar-refractivity contribution in [2.75, 3.05) is 44.6 Å². The van der Waals surface area contributed by atoms with Crippen molar-refractivity contribution in [1.29, 1.82) is 0 Å². The van der Waals surface area contributed by atoms with Gasteiger partial charge in [-0.25, -0.2) is 0 Å². The molecule has 1 heterocycles. The molecule has 0 aromatic heterocycles. The summed E-state index contributed by atoms with van der Waals surface area (Å²) in [7, 11) is 0. The minimum Gasteiger partial charge on any atom is -0.492 e. The van der Waals surface area contributed by atoms with Crippen molar-refractivity contribution in [2.24, 2.45) is 0 Å². The molecule has 27 heavy (non-hydrogen) atoms. The lowest BCUT2D eigenvalue weighted by atomic mass is 10.1. The number of rotatable bonds is 7. The molecule has 2 aromatic rings. The number of nitrogens with one attached hydrogen (secondary N) is 1. The Bertz CT molecular complexity index is 755. The lowest BCUT2D eigenvalue weighted by molar-refractivity contribution is -0.117. The molecule has 1 saturated heterocycles. The van der Waals surface area contributed by atoms with Gasteiger partial charge < -0.3 is 10.1 Å². The number of anilines is 1. The third kappa shape index (κ3) is 5.81. The van der Waals surface area contributed by atoms with E-state index in [0.29, 0.717) is 13.2 Å². The van der Waals surface area contributed by atoms with E-state index in [0.717, 1.165) is 44.2 Å². The maximum absolute atomic E-state index is 12.4. The number of piperazine rings is 1. The molecule has 0 atom stereocenters. The summed E-state index contributed by atoms with van der Waals surface area (Å²) >= 11 is 0. The number of ether oxygens (including phenoxy) is 1. The standard InChI is InChI=1S/C22H29N3O2/c1-3-27-21-10-5-4-9-20(21)23-22(26)17-25-13-11-24(12-14-25)16-19-8-6-7-18(2)15-19/h4-10,15H,3,11-14,16-17H2,1-2H3,(H,23,26). The first-order valence-corrected chi connectivity index (χ1v) is 9.66. The quantitative estimate of drug-likeness (QED) is 0.817. The number of carbonyl (C=O) groups excluding carboxylic acids is 1. The van der Waals surface area contributed by atoms with Gasteiger partial charge in [0.1, 0.15) is 5.75 Å². The summed E-state index contributed by atoms with van der Waals surface area (Å²) in [6, 6.07) is 16.2. The van der Waals surface area contributed by atoms with Crippen LogP contribution in [0.1, 0.15) is 18.1 Å². The van der Waals surface area contributed by atoms with Crippen molar-refractivity contribution in [3.8, 4) is 5.75 Å². The molecule has 1 aliphatic rings. The van der Waals surface area contributed by atoms with Crippen LogP contribution in [-0.2, 0) is 11.3 Å². The molecule has 1 amide bonds. The Morgan fingerprint density at radius 2 is 1.78 bits per heavy atom. The van der Waals surface area contributed by atoms with Gasteiger partial charge >= 0.3 is 0 Å². The predicted octanol–water partition coefficient (Wildman–Crippen LogP) is 3.15. The molecular weight excluding hydrogens is 338 g/mol. The first kappa shape index (κ1) is 19.4. The molecule has 0 bridgehead atoms. The van der Waals surface area contributed by atoms with Gasteiger partial charge in [0, 0.05) is 32.7 Å². The van der Waals surface area contributed by atoms with E-state index in [1.165, 1.54) is 11.1 Å². The molecule has 5 nitrogen and oxygen atoms in total. The smallest absolute Gasteiger partial charge is 0.238 e. The average Bonchev–Trinajstić information content (AvgIpc) is 2.65. The Labute approximate surface area is 161 Å². The van der Waals surface area contributed by atoms with Crippen LogP contribution in [0.4, 0.5) is 5.69 Å². The molecule has 1 N–H and O–H groups in total. The van der Waals surface area contributed by atoms with Gasteiger partial charge in [0.15, 0.2) is 0 Å². The highest BCUT2D eigenvalue weighted by Crippen LogP contribution is 2.23. The normalized spacial score (nSPS) is 15.5. The highest BCUT2D eigenvalue weighted by molar-refractivity contribution is 5.93. The highest BCUT2D eigenvalue weighted by Gasteiger charge is 2.19. The van der Waals surface area contributed by atoms with Crippen molar-refractivity contribution >= 4 is 11.6 Å². The lowest BCUT2D eigenvalue weighted by Gasteiger charge is -2.34. The molecule has 1 fully saturated rings. The fourth-order valence-electron chi connectivity index (χ4n) is 3.42. The van der Waals surface area contributed by atoms with Crippen LogP contribution in [-0.4, -0.2) is 55.0 Å². The van der Waals surface area contributed by atoms with Gasteiger partial charge in [0.25, 0.3) is 0 Å². The van der Waals surface area contributed by atoms with E-state index < -0.39 is 0 Å². The number of benzene rings is 2. The topological polar surface area (TPSA) is 44.8 Å². The third-order valence-corrected chi connectivity index (χ3v) is 4.78. The number of para-hydroxylation sites is 2. The van der Waals surface area contributed by atoms with E-state index in [2.05, 4.69) is 46.3 Å². The van der Waals surface area contributed by atoms with Crippen LogP contribution in [0.25, 0.3) is 0 Å². The molecule has 0 spiro atoms. The Balaban J connectivity index is 1.45. The SMILES string of the molecule is CCOc1ccccc1NC(=O)CN1CCN(Cc2cccc(C)c2)CC1. The maximum Gasteiger partial charge on any atom is 0.238 e. The highest BCUT2D eigenvalue weighted by atomic mass is 16.5. The van der Waals surface area contributed by atoms with Gasteiger partial charge in [0.2, 0.25) is 5.91 Å². The molecule has 0 saturated carbocycles. The van der Waals surface area contributed by atoms with Crippen molar-refractivity contribution in [1.82, 2.24) is 9.80 Å². The van der Waals surface area contributed by atoms with E-state index in [1.807, 2.05) is 31.2 Å². The molecule has 2 aromatic carbocycles. The fraction of sp³-hybridized carbons (Fsp3) is 0.409. The van der Waals surface area contributed by atoms with Crippen molar-refractivity contribution in [3.63, 3.8) is 0 Å². The van der Waals surface area contributed by atoms with Crippen LogP contribution >= 0.6 is 0 Å². The van der Waals surface area contributed by atoms with Gasteiger partial charge in [-0.05, 0) is 31.5 Å². The molecule has 0 aliphatic carbocycles. The molecular formula is C22H29N3O2. The Kier molecular flexibility index (Phi) is 6.85. The zero-order chi connectivity index (χ0) is 19.1. The summed E-state index contributed by atoms with van der Waals surface area (Å²) in [4.78, 5) is 17.1. The lowest BCUT2D eigenvalue weighted by Crippen LogP contribution is -2.48. The van der Waals surface area contributed by atoms with Crippen LogP contribution in [0.3, 0.4) is 0 Å². The summed E-state index contributed by atoms with van der Waals surface area (Å²) in [5.41, 5.74) is 3.39. The van der Waals surface area contributed by atoms with E-state index in [9.17, 15) is 4.79 Å². The summed E-state index contributed by atoms with van der Waals surface area (Å²) in [5, 5.41) is 2.98. The minimum atomic E-state index is 0.00860. The maximum atomic E-state index is 12.4. The first-order valence-electron chi connectivity index (χ1n) is 9.66. The van der Waals surface area contributed by atoms with Gasteiger partial charge in [0.05, 0.1) is 18.8 Å². The summed E-state index contributed by atoms with van der Waals surface area (Å²) in [5.74, 6) is 0.727. The summed E-state index contributed by atoms with van der Waals surface area (Å²) in [6.07, 6.45) is 0. The van der Waals surface area contributed by atoms with Crippen molar-refractivity contribution < 1.29 is 9.53 Å². The monoisotopic (exact) mass is 367 g/mol. The number of nitrogens with zero attached hydrogens (tertiary/aromatic N) is 2. The zero-order valence-corrected chi connectivity index (χ0v) is 16.3. The van der Waals surface area contributed by atoms with Crippen molar-refractivity contribution in [3.05, 3.63) is 59.7 Å². The van der Waals surface area contributed by atoms with Crippen LogP contribution < -0.4 is 10.1 Å². The molecule has 1 aliphatic heterocycles. The number of amides is 1. The van der Waals surface area contributed by atoms with Gasteiger partial charge in [-0.2, -0.15) is 0 Å². The molecule has 5 heteroatoms. The van der Waals surface area contributed by atoms with E-state index in [4.69, 9.17) is 4.74 Å². The summed E-state index contributed by atoms with van der Waals surface area (Å²) in [6.45, 7) is 9.82. The minimum absolute atomic E-state index is 0.00860. The van der Waals surface area contributed by atoms with Crippen LogP contribution in [0.5, 0.6) is 5.75 Å². The van der Waals surface area contributed by atoms with E-state index in [1.54, 1.807) is 0 Å². The van der Waals surface area contributed by atoms with Crippen LogP contribution in [0.15, 0.2) is 48.5 Å². The number of aryl methyl sites for hydroxylation is 1. The van der Waals surface area contributed by atoms with Gasteiger partial charge in [-0.1, -0.05) is 42.0 Å². The molecule has 3 rings (SSSR count). The van der Waals surface area contributed by atoms with E-state index >= 15 is 0 Å². The number of hydrogen-bond donors (Lipinski definition) is 1. The Morgan fingerprint density at radius 1 is 1.04 bits per heavy atom. The molecule has 0 unspecified atom stereocenters. The summed E-state index contributed by atoms with van der Waals surface area (Å²) < 4.78 is 5.57. The molecule has 0 radical (unpaired) electrons. The molecule has 144 valence electrons. The fourth-order valence-corrected chi connectivity index (χ4v) is 3.42. The number of carbonyl (C=O) groups is 1. The van der Waals surface area contributed by atoms with E-state index in [-0.39, 0.29) is 5.91 Å². The Hall–Kier alpha value is -2.37. The Morgan fingerprint density at radius 3 is 2.52 bits per heavy atom. The number of hydrogen-bond acceptors (Lipinski definition) is 4. The largest absolute Gasteiger partial charge is 0.492 e. The second-order valence-corrected chi connectivity index (χ2v) is 7.02. The van der Waals surface area contributed by atoms with Gasteiger partial charge in [-0.15, -0.1) is 0 Å². The van der Waals surface area contributed by atoms with Gasteiger partial charge in [-0.3, -0.25) is 14.6 Å². The second-order valence-electron chi connectivity index (χ2n) is 7.02.